The highest BCUT2D eigenvalue weighted by molar-refractivity contribution is 5.41. The molecule has 4 rings (SSSR count). The number of rotatable bonds is 6. The maximum absolute atomic E-state index is 6.28. The highest BCUT2D eigenvalue weighted by Crippen LogP contribution is 2.33. The van der Waals surface area contributed by atoms with Crippen molar-refractivity contribution in [3.63, 3.8) is 0 Å². The van der Waals surface area contributed by atoms with Crippen LogP contribution in [0.1, 0.15) is 30.5 Å². The quantitative estimate of drug-likeness (QED) is 0.818. The second-order valence-corrected chi connectivity index (χ2v) is 6.96. The highest BCUT2D eigenvalue weighted by atomic mass is 16.5. The van der Waals surface area contributed by atoms with Crippen LogP contribution in [0.15, 0.2) is 36.7 Å². The Morgan fingerprint density at radius 2 is 1.92 bits per heavy atom. The van der Waals surface area contributed by atoms with Crippen LogP contribution in [0.3, 0.4) is 0 Å². The summed E-state index contributed by atoms with van der Waals surface area (Å²) in [7, 11) is 0. The molecule has 5 heteroatoms. The van der Waals surface area contributed by atoms with Gasteiger partial charge in [-0.15, -0.1) is 5.10 Å². The Hall–Kier alpha value is -2.01. The average molecular weight is 324 g/mol. The fraction of sp³-hybridized carbons (Fsp3) is 0.526. The summed E-state index contributed by atoms with van der Waals surface area (Å²) in [5, 5.41) is 8.63. The summed E-state index contributed by atoms with van der Waals surface area (Å²) in [6.45, 7) is 3.85. The lowest BCUT2D eigenvalue weighted by Gasteiger charge is -2.29. The van der Waals surface area contributed by atoms with Crippen molar-refractivity contribution in [1.82, 2.24) is 15.2 Å². The summed E-state index contributed by atoms with van der Waals surface area (Å²) >= 11 is 0. The molecule has 0 unspecified atom stereocenters. The van der Waals surface area contributed by atoms with E-state index in [-0.39, 0.29) is 6.10 Å². The van der Waals surface area contributed by atoms with E-state index in [4.69, 9.17) is 4.74 Å². The minimum atomic E-state index is 0.266. The monoisotopic (exact) mass is 324 g/mol. The van der Waals surface area contributed by atoms with E-state index < -0.39 is 0 Å². The van der Waals surface area contributed by atoms with E-state index in [0.29, 0.717) is 6.04 Å². The van der Waals surface area contributed by atoms with Gasteiger partial charge in [-0.25, -0.2) is 0 Å². The first-order valence-corrected chi connectivity index (χ1v) is 8.87. The molecule has 2 atom stereocenters. The third kappa shape index (κ3) is 3.56. The lowest BCUT2D eigenvalue weighted by molar-refractivity contribution is 0.0407. The van der Waals surface area contributed by atoms with E-state index in [1.54, 1.807) is 0 Å². The van der Waals surface area contributed by atoms with Crippen LogP contribution in [0.4, 0.5) is 5.82 Å². The number of ether oxygens (including phenoxy) is 1. The van der Waals surface area contributed by atoms with Gasteiger partial charge in [0.05, 0.1) is 17.8 Å². The Labute approximate surface area is 143 Å². The van der Waals surface area contributed by atoms with Crippen molar-refractivity contribution in [3.05, 3.63) is 47.9 Å². The molecule has 0 aromatic carbocycles. The molecule has 2 fully saturated rings. The fourth-order valence-electron chi connectivity index (χ4n) is 3.40. The molecular formula is C19H24N4O. The minimum Gasteiger partial charge on any atom is -0.376 e. The van der Waals surface area contributed by atoms with Gasteiger partial charge in [0.15, 0.2) is 5.82 Å². The van der Waals surface area contributed by atoms with Crippen molar-refractivity contribution < 1.29 is 4.74 Å². The van der Waals surface area contributed by atoms with Gasteiger partial charge in [0, 0.05) is 25.5 Å². The fourth-order valence-corrected chi connectivity index (χ4v) is 3.40. The lowest BCUT2D eigenvalue weighted by atomic mass is 10.0. The van der Waals surface area contributed by atoms with Crippen molar-refractivity contribution in [1.29, 1.82) is 0 Å². The molecule has 0 spiro atoms. The van der Waals surface area contributed by atoms with Crippen molar-refractivity contribution in [2.24, 2.45) is 5.92 Å². The van der Waals surface area contributed by atoms with Gasteiger partial charge in [0.2, 0.25) is 0 Å². The predicted octanol–water partition coefficient (Wildman–Crippen LogP) is 2.80. The van der Waals surface area contributed by atoms with Crippen molar-refractivity contribution in [2.75, 3.05) is 18.1 Å². The third-order valence-corrected chi connectivity index (χ3v) is 5.00. The normalized spacial score (nSPS) is 23.6. The second-order valence-electron chi connectivity index (χ2n) is 6.96. The largest absolute Gasteiger partial charge is 0.376 e. The van der Waals surface area contributed by atoms with Crippen molar-refractivity contribution >= 4 is 5.82 Å². The van der Waals surface area contributed by atoms with Crippen LogP contribution in [0.2, 0.25) is 0 Å². The molecule has 1 aliphatic heterocycles. The molecule has 1 saturated carbocycles. The van der Waals surface area contributed by atoms with Crippen LogP contribution in [-0.2, 0) is 11.2 Å². The zero-order chi connectivity index (χ0) is 16.4. The Kier molecular flexibility index (Phi) is 4.43. The standard InChI is InChI=1S/C19H24N4O/c1-14-2-5-19(22-21-14)23-11-8-18(24-13-16-3-4-16)17(23)12-15-6-9-20-10-7-15/h2,5-7,9-10,16-18H,3-4,8,11-13H2,1H3/t17-,18-/m0/s1. The van der Waals surface area contributed by atoms with Crippen LogP contribution < -0.4 is 4.90 Å². The molecule has 2 aromatic heterocycles. The molecule has 2 aliphatic rings. The highest BCUT2D eigenvalue weighted by Gasteiger charge is 2.37. The molecule has 0 radical (unpaired) electrons. The van der Waals surface area contributed by atoms with E-state index >= 15 is 0 Å². The maximum Gasteiger partial charge on any atom is 0.151 e. The van der Waals surface area contributed by atoms with Gasteiger partial charge in [0.1, 0.15) is 0 Å². The van der Waals surface area contributed by atoms with Gasteiger partial charge in [-0.1, -0.05) is 0 Å². The zero-order valence-corrected chi connectivity index (χ0v) is 14.1. The molecule has 0 N–H and O–H groups in total. The predicted molar refractivity (Wildman–Crippen MR) is 92.9 cm³/mol. The summed E-state index contributed by atoms with van der Waals surface area (Å²) in [4.78, 5) is 6.49. The first kappa shape index (κ1) is 15.5. The van der Waals surface area contributed by atoms with Gasteiger partial charge in [-0.05, 0) is 68.4 Å². The number of aromatic nitrogens is 3. The van der Waals surface area contributed by atoms with Crippen LogP contribution in [-0.4, -0.2) is 40.5 Å². The first-order valence-electron chi connectivity index (χ1n) is 8.87. The van der Waals surface area contributed by atoms with Crippen LogP contribution in [0, 0.1) is 12.8 Å². The topological polar surface area (TPSA) is 51.1 Å². The number of nitrogens with zero attached hydrogens (tertiary/aromatic N) is 4. The number of pyridine rings is 1. The SMILES string of the molecule is Cc1ccc(N2CC[C@H](OCC3CC3)[C@@H]2Cc2ccncc2)nn1. The Morgan fingerprint density at radius 3 is 2.62 bits per heavy atom. The Balaban J connectivity index is 1.53. The van der Waals surface area contributed by atoms with Crippen LogP contribution >= 0.6 is 0 Å². The van der Waals surface area contributed by atoms with Crippen LogP contribution in [0.5, 0.6) is 0 Å². The molecule has 0 amide bonds. The van der Waals surface area contributed by atoms with Gasteiger partial charge in [0.25, 0.3) is 0 Å². The van der Waals surface area contributed by atoms with Crippen molar-refractivity contribution in [3.8, 4) is 0 Å². The lowest BCUT2D eigenvalue weighted by Crippen LogP contribution is -2.39. The smallest absolute Gasteiger partial charge is 0.151 e. The van der Waals surface area contributed by atoms with E-state index in [1.807, 2.05) is 25.4 Å². The third-order valence-electron chi connectivity index (χ3n) is 5.00. The van der Waals surface area contributed by atoms with Crippen LogP contribution in [0.25, 0.3) is 0 Å². The van der Waals surface area contributed by atoms with Gasteiger partial charge in [-0.2, -0.15) is 5.10 Å². The van der Waals surface area contributed by atoms with Gasteiger partial charge in [-0.3, -0.25) is 4.98 Å². The number of hydrogen-bond acceptors (Lipinski definition) is 5. The number of anilines is 1. The van der Waals surface area contributed by atoms with E-state index in [1.165, 1.54) is 18.4 Å². The summed E-state index contributed by atoms with van der Waals surface area (Å²) in [5.41, 5.74) is 2.24. The summed E-state index contributed by atoms with van der Waals surface area (Å²) in [6, 6.07) is 8.60. The molecular weight excluding hydrogens is 300 g/mol. The average Bonchev–Trinajstić information content (AvgIpc) is 3.36. The van der Waals surface area contributed by atoms with E-state index in [2.05, 4.69) is 38.3 Å². The molecule has 1 saturated heterocycles. The van der Waals surface area contributed by atoms with Gasteiger partial charge < -0.3 is 9.64 Å². The molecule has 2 aromatic rings. The molecule has 3 heterocycles. The maximum atomic E-state index is 6.28. The Bertz CT molecular complexity index is 657. The molecule has 1 aliphatic carbocycles. The van der Waals surface area contributed by atoms with E-state index in [0.717, 1.165) is 43.4 Å². The number of hydrogen-bond donors (Lipinski definition) is 0. The summed E-state index contributed by atoms with van der Waals surface area (Å²) in [5.74, 6) is 1.75. The molecule has 126 valence electrons. The van der Waals surface area contributed by atoms with Gasteiger partial charge >= 0.3 is 0 Å². The summed E-state index contributed by atoms with van der Waals surface area (Å²) < 4.78 is 6.28. The molecule has 5 nitrogen and oxygen atoms in total. The molecule has 0 bridgehead atoms. The van der Waals surface area contributed by atoms with E-state index in [9.17, 15) is 0 Å². The number of aryl methyl sites for hydroxylation is 1. The van der Waals surface area contributed by atoms with Crippen molar-refractivity contribution in [2.45, 2.75) is 44.8 Å². The second kappa shape index (κ2) is 6.85. The summed E-state index contributed by atoms with van der Waals surface area (Å²) in [6.07, 6.45) is 8.65. The zero-order valence-electron chi connectivity index (χ0n) is 14.1. The first-order chi connectivity index (χ1) is 11.8. The molecule has 24 heavy (non-hydrogen) atoms. The Morgan fingerprint density at radius 1 is 1.08 bits per heavy atom. The minimum absolute atomic E-state index is 0.266.